The van der Waals surface area contributed by atoms with Crippen molar-refractivity contribution in [3.05, 3.63) is 108 Å². The average Bonchev–Trinajstić information content (AvgIpc) is 3.16. The van der Waals surface area contributed by atoms with Crippen molar-refractivity contribution < 1.29 is 19.4 Å². The van der Waals surface area contributed by atoms with Crippen molar-refractivity contribution >= 4 is 57.2 Å². The number of carbonyl (C=O) groups excluding carboxylic acids is 2. The summed E-state index contributed by atoms with van der Waals surface area (Å²) in [6.45, 7) is 0. The molecule has 0 radical (unpaired) electrons. The Kier molecular flexibility index (Phi) is 5.82. The molecule has 1 heterocycles. The number of hydrogen-bond acceptors (Lipinski definition) is 7. The van der Waals surface area contributed by atoms with Gasteiger partial charge in [-0.3, -0.25) is 29.8 Å². The van der Waals surface area contributed by atoms with E-state index in [-0.39, 0.29) is 27.2 Å². The number of nitro benzene ring substituents is 2. The second-order valence-corrected chi connectivity index (χ2v) is 8.05. The van der Waals surface area contributed by atoms with Crippen molar-refractivity contribution in [1.29, 1.82) is 0 Å². The van der Waals surface area contributed by atoms with Crippen molar-refractivity contribution in [3.8, 4) is 0 Å². The lowest BCUT2D eigenvalue weighted by atomic mass is 10.2. The summed E-state index contributed by atoms with van der Waals surface area (Å²) in [5, 5.41) is 22.5. The number of amides is 1. The van der Waals surface area contributed by atoms with E-state index in [0.29, 0.717) is 15.9 Å². The number of hydrogen-bond donors (Lipinski definition) is 0. The Bertz CT molecular complexity index is 1510. The zero-order valence-electron chi connectivity index (χ0n) is 16.4. The smallest absolute Gasteiger partial charge is 0.267 e. The van der Waals surface area contributed by atoms with Gasteiger partial charge < -0.3 is 0 Å². The van der Waals surface area contributed by atoms with E-state index < -0.39 is 21.7 Å². The largest absolute Gasteiger partial charge is 0.278 e. The van der Waals surface area contributed by atoms with Crippen molar-refractivity contribution in [1.82, 2.24) is 3.96 Å². The first kappa shape index (κ1) is 22.0. The number of benzene rings is 3. The molecular formula is C21H11ClN4O6S. The van der Waals surface area contributed by atoms with E-state index in [2.05, 4.69) is 4.99 Å². The van der Waals surface area contributed by atoms with Crippen molar-refractivity contribution in [2.45, 2.75) is 0 Å². The molecule has 10 nitrogen and oxygen atoms in total. The fourth-order valence-corrected chi connectivity index (χ4v) is 4.17. The predicted molar refractivity (Wildman–Crippen MR) is 121 cm³/mol. The number of halogens is 1. The third-order valence-corrected chi connectivity index (χ3v) is 5.89. The molecule has 0 atom stereocenters. The van der Waals surface area contributed by atoms with Crippen LogP contribution in [0.25, 0.3) is 10.9 Å². The summed E-state index contributed by atoms with van der Waals surface area (Å²) in [7, 11) is 0. The van der Waals surface area contributed by atoms with Gasteiger partial charge >= 0.3 is 0 Å². The molecule has 0 bridgehead atoms. The molecule has 0 unspecified atom stereocenters. The molecular weight excluding hydrogens is 472 g/mol. The van der Waals surface area contributed by atoms with Crippen molar-refractivity contribution in [3.63, 3.8) is 0 Å². The highest BCUT2D eigenvalue weighted by molar-refractivity contribution is 7.06. The summed E-state index contributed by atoms with van der Waals surface area (Å²) in [6, 6.07) is 14.9. The summed E-state index contributed by atoms with van der Waals surface area (Å²) in [4.78, 5) is 50.4. The van der Waals surface area contributed by atoms with Gasteiger partial charge in [-0.2, -0.15) is 4.99 Å². The van der Waals surface area contributed by atoms with E-state index in [0.717, 1.165) is 11.5 Å². The monoisotopic (exact) mass is 482 g/mol. The normalized spacial score (nSPS) is 11.5. The standard InChI is InChI=1S/C21H11ClN4O6S/c22-14-5-10-18-17(11-14)20(23-19(27)12-1-6-15(7-2-12)25(29)30)33-24(18)21(28)13-3-8-16(9-4-13)26(31)32/h1-11H. The van der Waals surface area contributed by atoms with E-state index >= 15 is 0 Å². The van der Waals surface area contributed by atoms with E-state index in [1.165, 1.54) is 52.5 Å². The summed E-state index contributed by atoms with van der Waals surface area (Å²) in [6.07, 6.45) is 0. The summed E-state index contributed by atoms with van der Waals surface area (Å²) < 4.78 is 1.53. The SMILES string of the molecule is O=C(N=c1sn(C(=O)c2ccc([N+](=O)[O-])cc2)c2ccc(Cl)cc12)c1ccc([N+](=O)[O-])cc1. The highest BCUT2D eigenvalue weighted by atomic mass is 35.5. The van der Waals surface area contributed by atoms with Crippen LogP contribution in [0.1, 0.15) is 20.7 Å². The Morgan fingerprint density at radius 1 is 0.848 bits per heavy atom. The zero-order valence-corrected chi connectivity index (χ0v) is 17.9. The topological polar surface area (TPSA) is 138 Å². The van der Waals surface area contributed by atoms with Crippen LogP contribution in [-0.4, -0.2) is 25.6 Å². The predicted octanol–water partition coefficient (Wildman–Crippen LogP) is 4.60. The molecule has 0 aliphatic heterocycles. The van der Waals surface area contributed by atoms with Crippen LogP contribution in [0, 0.1) is 20.2 Å². The number of nitro groups is 2. The highest BCUT2D eigenvalue weighted by Crippen LogP contribution is 2.22. The molecule has 0 N–H and O–H groups in total. The average molecular weight is 483 g/mol. The fourth-order valence-electron chi connectivity index (χ4n) is 3.00. The maximum absolute atomic E-state index is 13.1. The molecule has 4 aromatic rings. The van der Waals surface area contributed by atoms with E-state index in [4.69, 9.17) is 11.6 Å². The van der Waals surface area contributed by atoms with Crippen LogP contribution in [0.5, 0.6) is 0 Å². The van der Waals surface area contributed by atoms with Crippen LogP contribution in [-0.2, 0) is 0 Å². The molecule has 1 aromatic heterocycles. The molecule has 0 saturated carbocycles. The first-order valence-electron chi connectivity index (χ1n) is 9.19. The quantitative estimate of drug-likeness (QED) is 0.307. The molecule has 12 heteroatoms. The minimum atomic E-state index is -0.650. The number of non-ortho nitro benzene ring substituents is 2. The maximum atomic E-state index is 13.1. The number of rotatable bonds is 4. The van der Waals surface area contributed by atoms with Crippen LogP contribution in [0.2, 0.25) is 5.02 Å². The molecule has 0 aliphatic carbocycles. The maximum Gasteiger partial charge on any atom is 0.278 e. The molecule has 4 rings (SSSR count). The third kappa shape index (κ3) is 4.40. The van der Waals surface area contributed by atoms with Gasteiger partial charge in [0.25, 0.3) is 23.2 Å². The molecule has 1 amide bonds. The Labute approximate surface area is 193 Å². The molecule has 0 saturated heterocycles. The van der Waals surface area contributed by atoms with Gasteiger partial charge in [0.15, 0.2) is 0 Å². The Hall–Kier alpha value is -4.22. The minimum absolute atomic E-state index is 0.137. The number of carbonyl (C=O) groups is 2. The molecule has 3 aromatic carbocycles. The molecule has 0 spiro atoms. The van der Waals surface area contributed by atoms with Crippen LogP contribution in [0.3, 0.4) is 0 Å². The third-order valence-electron chi connectivity index (χ3n) is 4.62. The van der Waals surface area contributed by atoms with Crippen LogP contribution < -0.4 is 4.67 Å². The molecule has 0 fully saturated rings. The van der Waals surface area contributed by atoms with E-state index in [9.17, 15) is 29.8 Å². The van der Waals surface area contributed by atoms with Gasteiger partial charge in [-0.05, 0) is 54.0 Å². The van der Waals surface area contributed by atoms with Gasteiger partial charge in [0.2, 0.25) is 0 Å². The molecule has 0 aliphatic rings. The lowest BCUT2D eigenvalue weighted by Gasteiger charge is -2.03. The number of nitrogens with zero attached hydrogens (tertiary/aromatic N) is 4. The number of aromatic nitrogens is 1. The summed E-state index contributed by atoms with van der Waals surface area (Å²) in [5.74, 6) is -1.12. The van der Waals surface area contributed by atoms with Crippen LogP contribution in [0.15, 0.2) is 71.7 Å². The highest BCUT2D eigenvalue weighted by Gasteiger charge is 2.17. The molecule has 164 valence electrons. The van der Waals surface area contributed by atoms with Crippen molar-refractivity contribution in [2.75, 3.05) is 0 Å². The summed E-state index contributed by atoms with van der Waals surface area (Å²) in [5.41, 5.74) is 0.479. The second-order valence-electron chi connectivity index (χ2n) is 6.68. The zero-order chi connectivity index (χ0) is 23.7. The lowest BCUT2D eigenvalue weighted by molar-refractivity contribution is -0.385. The van der Waals surface area contributed by atoms with Crippen molar-refractivity contribution in [2.24, 2.45) is 4.99 Å². The van der Waals surface area contributed by atoms with Gasteiger partial charge in [-0.25, -0.2) is 3.96 Å². The van der Waals surface area contributed by atoms with Crippen LogP contribution in [0.4, 0.5) is 11.4 Å². The van der Waals surface area contributed by atoms with Gasteiger partial charge in [0.05, 0.1) is 15.4 Å². The first-order chi connectivity index (χ1) is 15.7. The summed E-state index contributed by atoms with van der Waals surface area (Å²) >= 11 is 7.01. The fraction of sp³-hybridized carbons (Fsp3) is 0. The first-order valence-corrected chi connectivity index (χ1v) is 10.3. The number of fused-ring (bicyclic) bond motifs is 1. The Balaban J connectivity index is 1.79. The van der Waals surface area contributed by atoms with Gasteiger partial charge in [0, 0.05) is 45.8 Å². The van der Waals surface area contributed by atoms with Gasteiger partial charge in [0.1, 0.15) is 4.67 Å². The van der Waals surface area contributed by atoms with Gasteiger partial charge in [-0.15, -0.1) is 0 Å². The lowest BCUT2D eigenvalue weighted by Crippen LogP contribution is -2.09. The minimum Gasteiger partial charge on any atom is -0.267 e. The Morgan fingerprint density at radius 2 is 1.39 bits per heavy atom. The van der Waals surface area contributed by atoms with Crippen LogP contribution >= 0.6 is 23.1 Å². The van der Waals surface area contributed by atoms with Gasteiger partial charge in [-0.1, -0.05) is 11.6 Å². The Morgan fingerprint density at radius 3 is 1.94 bits per heavy atom. The molecule has 33 heavy (non-hydrogen) atoms. The van der Waals surface area contributed by atoms with E-state index in [1.54, 1.807) is 18.2 Å². The van der Waals surface area contributed by atoms with E-state index in [1.807, 2.05) is 0 Å². The second kappa shape index (κ2) is 8.73.